The normalized spacial score (nSPS) is 22.0. The van der Waals surface area contributed by atoms with Crippen LogP contribution in [0.5, 0.6) is 0 Å². The lowest BCUT2D eigenvalue weighted by atomic mass is 9.81. The van der Waals surface area contributed by atoms with E-state index in [4.69, 9.17) is 20.2 Å². The number of aryl methyl sites for hydroxylation is 1. The van der Waals surface area contributed by atoms with E-state index < -0.39 is 0 Å². The molecule has 3 aromatic heterocycles. The third kappa shape index (κ3) is 3.66. The van der Waals surface area contributed by atoms with Gasteiger partial charge in [0, 0.05) is 26.5 Å². The summed E-state index contributed by atoms with van der Waals surface area (Å²) in [6, 6.07) is 6.48. The van der Waals surface area contributed by atoms with Gasteiger partial charge in [-0.15, -0.1) is 11.3 Å². The molecule has 1 aliphatic rings. The monoisotopic (exact) mass is 381 g/mol. The van der Waals surface area contributed by atoms with Crippen LogP contribution in [0.15, 0.2) is 17.6 Å². The van der Waals surface area contributed by atoms with E-state index in [1.807, 2.05) is 6.20 Å². The molecule has 7 heteroatoms. The molecule has 1 aliphatic carbocycles. The van der Waals surface area contributed by atoms with Crippen LogP contribution >= 0.6 is 11.3 Å². The number of imidazole rings is 1. The van der Waals surface area contributed by atoms with Gasteiger partial charge in [-0.1, -0.05) is 0 Å². The summed E-state index contributed by atoms with van der Waals surface area (Å²) in [6.07, 6.45) is 5.62. The third-order valence-corrected chi connectivity index (χ3v) is 6.13. The number of nitrogens with zero attached hydrogens (tertiary/aromatic N) is 5. The van der Waals surface area contributed by atoms with Crippen molar-refractivity contribution < 1.29 is 4.74 Å². The molecular weight excluding hydrogens is 358 g/mol. The fourth-order valence-electron chi connectivity index (χ4n) is 4.09. The largest absolute Gasteiger partial charge is 0.381 e. The van der Waals surface area contributed by atoms with Crippen molar-refractivity contribution in [2.75, 3.05) is 7.11 Å². The molecule has 0 spiro atoms. The maximum atomic E-state index is 9.04. The number of hydrogen-bond donors (Lipinski definition) is 0. The van der Waals surface area contributed by atoms with Crippen molar-refractivity contribution in [3.8, 4) is 12.1 Å². The highest BCUT2D eigenvalue weighted by atomic mass is 32.1. The Balaban J connectivity index is 0.000000659. The molecule has 3 aromatic rings. The molecule has 6 nitrogen and oxygen atoms in total. The topological polar surface area (TPSA) is 87.5 Å². The van der Waals surface area contributed by atoms with E-state index in [1.165, 1.54) is 17.1 Å². The Morgan fingerprint density at radius 1 is 1.33 bits per heavy atom. The molecule has 1 saturated carbocycles. The molecule has 0 aliphatic heterocycles. The molecule has 0 amide bonds. The average molecular weight is 382 g/mol. The second kappa shape index (κ2) is 8.47. The number of hydrogen-bond acceptors (Lipinski definition) is 6. The molecule has 0 N–H and O–H groups in total. The molecule has 0 unspecified atom stereocenters. The van der Waals surface area contributed by atoms with Gasteiger partial charge in [0.25, 0.3) is 0 Å². The summed E-state index contributed by atoms with van der Waals surface area (Å²) < 4.78 is 9.30. The minimum atomic E-state index is 0.140. The molecular formula is C20H23N5OS. The maximum Gasteiger partial charge on any atom is 0.109 e. The standard InChI is InChI=1S/C18H20N4OS.C2H3N/c1-11-21-15-10-20-14-6-8-24-18(14)17(15)22(11)13-4-3-12(5-7-19)16(9-13)23-2;1-2-3/h6,8,10,12-13,16H,3-5,9H2,1-2H3;1H3/t12-,13+,16-;/m1./s1. The molecule has 3 atom stereocenters. The minimum Gasteiger partial charge on any atom is -0.381 e. The number of fused-ring (bicyclic) bond motifs is 3. The van der Waals surface area contributed by atoms with Crippen LogP contribution in [0.25, 0.3) is 21.3 Å². The van der Waals surface area contributed by atoms with Crippen LogP contribution in [0, 0.1) is 35.5 Å². The van der Waals surface area contributed by atoms with Gasteiger partial charge in [-0.05, 0) is 43.6 Å². The van der Waals surface area contributed by atoms with Crippen molar-refractivity contribution in [3.05, 3.63) is 23.5 Å². The van der Waals surface area contributed by atoms with E-state index in [2.05, 4.69) is 34.0 Å². The van der Waals surface area contributed by atoms with Crippen molar-refractivity contribution in [1.82, 2.24) is 14.5 Å². The smallest absolute Gasteiger partial charge is 0.109 e. The number of rotatable bonds is 3. The van der Waals surface area contributed by atoms with Crippen LogP contribution in [-0.4, -0.2) is 27.7 Å². The van der Waals surface area contributed by atoms with Crippen LogP contribution in [-0.2, 0) is 4.74 Å². The molecule has 0 saturated heterocycles. The highest BCUT2D eigenvalue weighted by molar-refractivity contribution is 7.18. The first-order valence-corrected chi connectivity index (χ1v) is 9.93. The Hall–Kier alpha value is -2.48. The Labute approximate surface area is 163 Å². The van der Waals surface area contributed by atoms with Gasteiger partial charge >= 0.3 is 0 Å². The van der Waals surface area contributed by atoms with Crippen LogP contribution in [0.2, 0.25) is 0 Å². The number of pyridine rings is 1. The second-order valence-corrected chi connectivity index (χ2v) is 7.66. The summed E-state index contributed by atoms with van der Waals surface area (Å²) in [6.45, 7) is 3.50. The van der Waals surface area contributed by atoms with Crippen molar-refractivity contribution in [1.29, 1.82) is 10.5 Å². The number of ether oxygens (including phenoxy) is 1. The number of methoxy groups -OCH3 is 1. The fourth-order valence-corrected chi connectivity index (χ4v) is 4.97. The van der Waals surface area contributed by atoms with Gasteiger partial charge in [0.05, 0.1) is 40.2 Å². The van der Waals surface area contributed by atoms with Crippen molar-refractivity contribution in [3.63, 3.8) is 0 Å². The van der Waals surface area contributed by atoms with E-state index in [1.54, 1.807) is 24.5 Å². The van der Waals surface area contributed by atoms with Crippen LogP contribution in [0.3, 0.4) is 0 Å². The fraction of sp³-hybridized carbons (Fsp3) is 0.500. The number of aromatic nitrogens is 3. The van der Waals surface area contributed by atoms with Gasteiger partial charge in [0.2, 0.25) is 0 Å². The molecule has 0 bridgehead atoms. The Kier molecular flexibility index (Phi) is 6.05. The number of thiophene rings is 1. The van der Waals surface area contributed by atoms with Gasteiger partial charge in [-0.3, -0.25) is 4.98 Å². The van der Waals surface area contributed by atoms with E-state index >= 15 is 0 Å². The lowest BCUT2D eigenvalue weighted by molar-refractivity contribution is 0.00917. The predicted octanol–water partition coefficient (Wildman–Crippen LogP) is 4.75. The zero-order chi connectivity index (χ0) is 19.4. The van der Waals surface area contributed by atoms with Gasteiger partial charge in [0.15, 0.2) is 0 Å². The second-order valence-electron chi connectivity index (χ2n) is 6.74. The number of nitriles is 2. The highest BCUT2D eigenvalue weighted by Gasteiger charge is 2.33. The highest BCUT2D eigenvalue weighted by Crippen LogP contribution is 2.39. The average Bonchev–Trinajstić information content (AvgIpc) is 3.26. The zero-order valence-electron chi connectivity index (χ0n) is 15.8. The maximum absolute atomic E-state index is 9.04. The lowest BCUT2D eigenvalue weighted by Gasteiger charge is -2.35. The van der Waals surface area contributed by atoms with E-state index in [-0.39, 0.29) is 6.10 Å². The molecule has 1 fully saturated rings. The molecule has 3 heterocycles. The Bertz CT molecular complexity index is 1010. The summed E-state index contributed by atoms with van der Waals surface area (Å²) >= 11 is 1.73. The summed E-state index contributed by atoms with van der Waals surface area (Å²) in [5.74, 6) is 1.38. The molecule has 0 aromatic carbocycles. The molecule has 27 heavy (non-hydrogen) atoms. The first-order valence-electron chi connectivity index (χ1n) is 9.05. The van der Waals surface area contributed by atoms with Crippen LogP contribution < -0.4 is 0 Å². The van der Waals surface area contributed by atoms with Crippen LogP contribution in [0.1, 0.15) is 44.5 Å². The first kappa shape index (κ1) is 19.3. The summed E-state index contributed by atoms with van der Waals surface area (Å²) in [7, 11) is 1.76. The van der Waals surface area contributed by atoms with Gasteiger partial charge in [-0.2, -0.15) is 10.5 Å². The van der Waals surface area contributed by atoms with E-state index in [0.29, 0.717) is 18.4 Å². The lowest BCUT2D eigenvalue weighted by Crippen LogP contribution is -2.32. The first-order chi connectivity index (χ1) is 13.1. The van der Waals surface area contributed by atoms with E-state index in [9.17, 15) is 0 Å². The molecule has 4 rings (SSSR count). The third-order valence-electron chi connectivity index (χ3n) is 5.22. The van der Waals surface area contributed by atoms with Gasteiger partial charge in [0.1, 0.15) is 11.3 Å². The quantitative estimate of drug-likeness (QED) is 0.653. The molecule has 140 valence electrons. The molecule has 0 radical (unpaired) electrons. The summed E-state index contributed by atoms with van der Waals surface area (Å²) in [5.41, 5.74) is 3.21. The summed E-state index contributed by atoms with van der Waals surface area (Å²) in [5, 5.41) is 18.4. The van der Waals surface area contributed by atoms with Gasteiger partial charge in [-0.25, -0.2) is 4.98 Å². The Morgan fingerprint density at radius 2 is 2.11 bits per heavy atom. The Morgan fingerprint density at radius 3 is 2.81 bits per heavy atom. The van der Waals surface area contributed by atoms with Crippen molar-refractivity contribution >= 4 is 32.6 Å². The predicted molar refractivity (Wildman–Crippen MR) is 106 cm³/mol. The van der Waals surface area contributed by atoms with Crippen LogP contribution in [0.4, 0.5) is 0 Å². The summed E-state index contributed by atoms with van der Waals surface area (Å²) in [4.78, 5) is 9.25. The SMILES string of the molecule is CC#N.CO[C@@H]1C[C@@H](n2c(C)nc3cnc4ccsc4c32)CC[C@@H]1CC#N. The zero-order valence-corrected chi connectivity index (χ0v) is 16.7. The van der Waals surface area contributed by atoms with E-state index in [0.717, 1.165) is 36.1 Å². The van der Waals surface area contributed by atoms with Crippen molar-refractivity contribution in [2.45, 2.75) is 51.7 Å². The van der Waals surface area contributed by atoms with Gasteiger partial charge < -0.3 is 9.30 Å². The van der Waals surface area contributed by atoms with Crippen molar-refractivity contribution in [2.24, 2.45) is 5.92 Å². The minimum absolute atomic E-state index is 0.140.